The van der Waals surface area contributed by atoms with Crippen molar-refractivity contribution in [2.24, 2.45) is 5.92 Å². The highest BCUT2D eigenvalue weighted by Gasteiger charge is 2.04. The van der Waals surface area contributed by atoms with Crippen LogP contribution in [0.5, 0.6) is 0 Å². The highest BCUT2D eigenvalue weighted by atomic mass is 16.4. The van der Waals surface area contributed by atoms with Crippen molar-refractivity contribution in [3.05, 3.63) is 30.7 Å². The molecular formula is C14H19N3O. The zero-order chi connectivity index (χ0) is 12.8. The van der Waals surface area contributed by atoms with Crippen LogP contribution in [0.1, 0.15) is 26.7 Å². The van der Waals surface area contributed by atoms with Gasteiger partial charge >= 0.3 is 0 Å². The van der Waals surface area contributed by atoms with E-state index in [0.29, 0.717) is 11.8 Å². The van der Waals surface area contributed by atoms with E-state index in [4.69, 9.17) is 4.42 Å². The molecule has 4 heteroatoms. The van der Waals surface area contributed by atoms with Crippen LogP contribution < -0.4 is 5.32 Å². The normalized spacial score (nSPS) is 12.3. The van der Waals surface area contributed by atoms with Crippen molar-refractivity contribution in [1.82, 2.24) is 10.2 Å². The van der Waals surface area contributed by atoms with E-state index in [0.717, 1.165) is 17.8 Å². The summed E-state index contributed by atoms with van der Waals surface area (Å²) in [6, 6.07) is 8.05. The van der Waals surface area contributed by atoms with Gasteiger partial charge in [-0.3, -0.25) is 0 Å². The lowest BCUT2D eigenvalue weighted by Crippen LogP contribution is -2.10. The molecule has 1 N–H and O–H groups in total. The summed E-state index contributed by atoms with van der Waals surface area (Å²) in [6.07, 6.45) is 3.83. The van der Waals surface area contributed by atoms with E-state index in [9.17, 15) is 0 Å². The summed E-state index contributed by atoms with van der Waals surface area (Å²) in [5.74, 6) is 1.26. The molecule has 0 aliphatic carbocycles. The summed E-state index contributed by atoms with van der Waals surface area (Å²) < 4.78 is 5.15. The largest absolute Gasteiger partial charge is 0.423 e. The average Bonchev–Trinajstić information content (AvgIpc) is 2.91. The standard InChI is InChI=1S/C14H19N3O/c1-3-4-11(2)9-15-13-7-5-12(6-8-13)14-17-16-10-18-14/h5-8,10-11,15H,3-4,9H2,1-2H3. The zero-order valence-electron chi connectivity index (χ0n) is 10.9. The molecule has 4 nitrogen and oxygen atoms in total. The van der Waals surface area contributed by atoms with Crippen molar-refractivity contribution in [3.63, 3.8) is 0 Å². The summed E-state index contributed by atoms with van der Waals surface area (Å²) in [5, 5.41) is 11.0. The molecule has 1 heterocycles. The Morgan fingerprint density at radius 2 is 2.06 bits per heavy atom. The molecule has 0 aliphatic heterocycles. The average molecular weight is 245 g/mol. The lowest BCUT2D eigenvalue weighted by atomic mass is 10.1. The number of benzene rings is 1. The van der Waals surface area contributed by atoms with Gasteiger partial charge in [0.05, 0.1) is 0 Å². The molecule has 0 spiro atoms. The summed E-state index contributed by atoms with van der Waals surface area (Å²) in [7, 11) is 0. The topological polar surface area (TPSA) is 51.0 Å². The van der Waals surface area contributed by atoms with E-state index in [-0.39, 0.29) is 0 Å². The van der Waals surface area contributed by atoms with E-state index < -0.39 is 0 Å². The maximum atomic E-state index is 5.15. The lowest BCUT2D eigenvalue weighted by Gasteiger charge is -2.12. The van der Waals surface area contributed by atoms with Gasteiger partial charge in [0.15, 0.2) is 0 Å². The minimum atomic E-state index is 0.556. The molecule has 2 aromatic rings. The van der Waals surface area contributed by atoms with Crippen LogP contribution >= 0.6 is 0 Å². The van der Waals surface area contributed by atoms with E-state index >= 15 is 0 Å². The Morgan fingerprint density at radius 3 is 2.67 bits per heavy atom. The van der Waals surface area contributed by atoms with E-state index in [1.165, 1.54) is 19.2 Å². The van der Waals surface area contributed by atoms with Gasteiger partial charge in [0.1, 0.15) is 0 Å². The number of nitrogens with one attached hydrogen (secondary N) is 1. The minimum absolute atomic E-state index is 0.556. The summed E-state index contributed by atoms with van der Waals surface area (Å²) in [4.78, 5) is 0. The van der Waals surface area contributed by atoms with Gasteiger partial charge in [-0.05, 0) is 36.6 Å². The van der Waals surface area contributed by atoms with E-state index in [2.05, 4.69) is 29.4 Å². The van der Waals surface area contributed by atoms with Gasteiger partial charge in [0.25, 0.3) is 0 Å². The molecule has 1 aromatic carbocycles. The Morgan fingerprint density at radius 1 is 1.28 bits per heavy atom. The Bertz CT molecular complexity index is 450. The third-order valence-corrected chi connectivity index (χ3v) is 2.93. The van der Waals surface area contributed by atoms with Crippen LogP contribution in [0.15, 0.2) is 35.1 Å². The van der Waals surface area contributed by atoms with Crippen molar-refractivity contribution in [3.8, 4) is 11.5 Å². The summed E-state index contributed by atoms with van der Waals surface area (Å²) in [5.41, 5.74) is 2.07. The number of hydrogen-bond donors (Lipinski definition) is 1. The quantitative estimate of drug-likeness (QED) is 0.845. The smallest absolute Gasteiger partial charge is 0.247 e. The molecular weight excluding hydrogens is 226 g/mol. The predicted molar refractivity (Wildman–Crippen MR) is 72.3 cm³/mol. The molecule has 2 rings (SSSR count). The molecule has 0 bridgehead atoms. The van der Waals surface area contributed by atoms with Crippen molar-refractivity contribution >= 4 is 5.69 Å². The first-order valence-electron chi connectivity index (χ1n) is 6.40. The molecule has 1 unspecified atom stereocenters. The Kier molecular flexibility index (Phi) is 4.34. The van der Waals surface area contributed by atoms with Crippen LogP contribution in [0.2, 0.25) is 0 Å². The third-order valence-electron chi connectivity index (χ3n) is 2.93. The number of rotatable bonds is 6. The van der Waals surface area contributed by atoms with Crippen LogP contribution in [-0.2, 0) is 0 Å². The Hall–Kier alpha value is -1.84. The number of aromatic nitrogens is 2. The molecule has 0 aliphatic rings. The highest BCUT2D eigenvalue weighted by Crippen LogP contribution is 2.19. The second-order valence-electron chi connectivity index (χ2n) is 4.60. The van der Waals surface area contributed by atoms with Gasteiger partial charge in [-0.25, -0.2) is 0 Å². The monoisotopic (exact) mass is 245 g/mol. The number of hydrogen-bond acceptors (Lipinski definition) is 4. The van der Waals surface area contributed by atoms with Gasteiger partial charge in [0.2, 0.25) is 12.3 Å². The Labute approximate surface area is 107 Å². The van der Waals surface area contributed by atoms with Gasteiger partial charge in [-0.15, -0.1) is 10.2 Å². The van der Waals surface area contributed by atoms with Crippen molar-refractivity contribution < 1.29 is 4.42 Å². The van der Waals surface area contributed by atoms with Gasteiger partial charge in [-0.2, -0.15) is 0 Å². The van der Waals surface area contributed by atoms with Crippen LogP contribution in [0.25, 0.3) is 11.5 Å². The predicted octanol–water partition coefficient (Wildman–Crippen LogP) is 3.58. The number of anilines is 1. The molecule has 1 aromatic heterocycles. The maximum absolute atomic E-state index is 5.15. The van der Waals surface area contributed by atoms with Crippen LogP contribution in [0.4, 0.5) is 5.69 Å². The molecule has 1 atom stereocenters. The zero-order valence-corrected chi connectivity index (χ0v) is 10.9. The van der Waals surface area contributed by atoms with Crippen molar-refractivity contribution in [2.45, 2.75) is 26.7 Å². The summed E-state index contributed by atoms with van der Waals surface area (Å²) >= 11 is 0. The molecule has 0 radical (unpaired) electrons. The molecule has 96 valence electrons. The first-order valence-corrected chi connectivity index (χ1v) is 6.40. The van der Waals surface area contributed by atoms with Crippen LogP contribution in [-0.4, -0.2) is 16.7 Å². The summed E-state index contributed by atoms with van der Waals surface area (Å²) in [6.45, 7) is 5.49. The maximum Gasteiger partial charge on any atom is 0.247 e. The van der Waals surface area contributed by atoms with Gasteiger partial charge in [0, 0.05) is 17.8 Å². The first kappa shape index (κ1) is 12.6. The minimum Gasteiger partial charge on any atom is -0.423 e. The second kappa shape index (κ2) is 6.19. The number of nitrogens with zero attached hydrogens (tertiary/aromatic N) is 2. The molecule has 0 fully saturated rings. The van der Waals surface area contributed by atoms with Gasteiger partial charge < -0.3 is 9.73 Å². The van der Waals surface area contributed by atoms with E-state index in [1.54, 1.807) is 0 Å². The van der Waals surface area contributed by atoms with Gasteiger partial charge in [-0.1, -0.05) is 20.3 Å². The molecule has 18 heavy (non-hydrogen) atoms. The first-order chi connectivity index (χ1) is 8.79. The van der Waals surface area contributed by atoms with Crippen molar-refractivity contribution in [2.75, 3.05) is 11.9 Å². The SMILES string of the molecule is CCCC(C)CNc1ccc(-c2nnco2)cc1. The van der Waals surface area contributed by atoms with E-state index in [1.807, 2.05) is 24.3 Å². The lowest BCUT2D eigenvalue weighted by molar-refractivity contribution is 0.551. The fourth-order valence-electron chi connectivity index (χ4n) is 1.92. The Balaban J connectivity index is 1.92. The molecule has 0 saturated heterocycles. The van der Waals surface area contributed by atoms with Crippen LogP contribution in [0.3, 0.4) is 0 Å². The molecule has 0 saturated carbocycles. The van der Waals surface area contributed by atoms with Crippen molar-refractivity contribution in [1.29, 1.82) is 0 Å². The second-order valence-corrected chi connectivity index (χ2v) is 4.60. The fourth-order valence-corrected chi connectivity index (χ4v) is 1.92. The highest BCUT2D eigenvalue weighted by molar-refractivity contribution is 5.58. The van der Waals surface area contributed by atoms with Crippen LogP contribution in [0, 0.1) is 5.92 Å². The molecule has 0 amide bonds. The third kappa shape index (κ3) is 3.32. The fraction of sp³-hybridized carbons (Fsp3) is 0.429.